The standard InChI is InChI=1S/C13H11F2NO3S/c1-8-3-2-4-9(7-8)20(18,19)16-11-6-5-10(14)12(15)13(11)17/h2-7,16-17H,1H3. The molecule has 0 aliphatic carbocycles. The second-order valence-corrected chi connectivity index (χ2v) is 5.86. The quantitative estimate of drug-likeness (QED) is 0.856. The second-order valence-electron chi connectivity index (χ2n) is 4.18. The van der Waals surface area contributed by atoms with Crippen LogP contribution in [0.25, 0.3) is 0 Å². The largest absolute Gasteiger partial charge is 0.503 e. The second kappa shape index (κ2) is 5.09. The first-order valence-corrected chi connectivity index (χ1v) is 7.06. The van der Waals surface area contributed by atoms with Gasteiger partial charge in [-0.2, -0.15) is 4.39 Å². The number of aromatic hydroxyl groups is 1. The molecule has 0 fully saturated rings. The molecule has 2 aromatic rings. The number of benzene rings is 2. The van der Waals surface area contributed by atoms with Crippen molar-refractivity contribution in [1.29, 1.82) is 0 Å². The number of sulfonamides is 1. The Bertz CT molecular complexity index is 760. The monoisotopic (exact) mass is 299 g/mol. The molecule has 0 aromatic heterocycles. The molecule has 2 rings (SSSR count). The molecule has 2 aromatic carbocycles. The summed E-state index contributed by atoms with van der Waals surface area (Å²) in [5, 5.41) is 9.40. The van der Waals surface area contributed by atoms with Crippen molar-refractivity contribution in [1.82, 2.24) is 0 Å². The lowest BCUT2D eigenvalue weighted by Crippen LogP contribution is -2.13. The number of aryl methyl sites for hydroxylation is 1. The highest BCUT2D eigenvalue weighted by molar-refractivity contribution is 7.92. The maximum atomic E-state index is 13.2. The van der Waals surface area contributed by atoms with Gasteiger partial charge in [-0.25, -0.2) is 12.8 Å². The molecule has 0 radical (unpaired) electrons. The van der Waals surface area contributed by atoms with Crippen molar-refractivity contribution in [2.24, 2.45) is 0 Å². The third-order valence-corrected chi connectivity index (χ3v) is 3.98. The lowest BCUT2D eigenvalue weighted by Gasteiger charge is -2.10. The Morgan fingerprint density at radius 1 is 1.15 bits per heavy atom. The van der Waals surface area contributed by atoms with Crippen LogP contribution in [0.5, 0.6) is 5.75 Å². The van der Waals surface area contributed by atoms with Crippen LogP contribution in [-0.4, -0.2) is 13.5 Å². The van der Waals surface area contributed by atoms with Gasteiger partial charge in [0.1, 0.15) is 0 Å². The van der Waals surface area contributed by atoms with E-state index in [-0.39, 0.29) is 4.90 Å². The van der Waals surface area contributed by atoms with Crippen LogP contribution < -0.4 is 4.72 Å². The van der Waals surface area contributed by atoms with Crippen molar-refractivity contribution in [3.63, 3.8) is 0 Å². The fourth-order valence-corrected chi connectivity index (χ4v) is 2.78. The first-order chi connectivity index (χ1) is 9.31. The molecule has 0 bridgehead atoms. The number of phenols is 1. The summed E-state index contributed by atoms with van der Waals surface area (Å²) in [5.41, 5.74) is 0.299. The zero-order valence-electron chi connectivity index (χ0n) is 10.4. The van der Waals surface area contributed by atoms with Crippen molar-refractivity contribution < 1.29 is 22.3 Å². The van der Waals surface area contributed by atoms with E-state index in [9.17, 15) is 22.3 Å². The average Bonchev–Trinajstić information content (AvgIpc) is 2.39. The third-order valence-electron chi connectivity index (χ3n) is 2.61. The number of hydrogen-bond donors (Lipinski definition) is 2. The van der Waals surface area contributed by atoms with Crippen LogP contribution in [-0.2, 0) is 10.0 Å². The molecular weight excluding hydrogens is 288 g/mol. The highest BCUT2D eigenvalue weighted by Crippen LogP contribution is 2.30. The van der Waals surface area contributed by atoms with Crippen molar-refractivity contribution >= 4 is 15.7 Å². The number of phenolic OH excluding ortho intramolecular Hbond substituents is 1. The molecule has 7 heteroatoms. The van der Waals surface area contributed by atoms with E-state index in [1.807, 2.05) is 4.72 Å². The summed E-state index contributed by atoms with van der Waals surface area (Å²) in [5.74, 6) is -3.85. The Morgan fingerprint density at radius 2 is 1.85 bits per heavy atom. The maximum Gasteiger partial charge on any atom is 0.262 e. The van der Waals surface area contributed by atoms with E-state index in [0.29, 0.717) is 0 Å². The smallest absolute Gasteiger partial charge is 0.262 e. The fourth-order valence-electron chi connectivity index (χ4n) is 1.61. The molecule has 106 valence electrons. The average molecular weight is 299 g/mol. The van der Waals surface area contributed by atoms with E-state index in [4.69, 9.17) is 0 Å². The minimum absolute atomic E-state index is 0.0402. The van der Waals surface area contributed by atoms with Crippen molar-refractivity contribution in [3.8, 4) is 5.75 Å². The molecule has 20 heavy (non-hydrogen) atoms. The molecule has 2 N–H and O–H groups in total. The topological polar surface area (TPSA) is 66.4 Å². The molecular formula is C13H11F2NO3S. The third kappa shape index (κ3) is 2.72. The molecule has 0 aliphatic rings. The number of nitrogens with one attached hydrogen (secondary N) is 1. The zero-order chi connectivity index (χ0) is 14.9. The Labute approximate surface area is 114 Å². The predicted molar refractivity (Wildman–Crippen MR) is 70.0 cm³/mol. The van der Waals surface area contributed by atoms with Crippen LogP contribution in [0.4, 0.5) is 14.5 Å². The van der Waals surface area contributed by atoms with Crippen LogP contribution in [0.3, 0.4) is 0 Å². The van der Waals surface area contributed by atoms with Gasteiger partial charge in [-0.05, 0) is 36.8 Å². The fraction of sp³-hybridized carbons (Fsp3) is 0.0769. The highest BCUT2D eigenvalue weighted by atomic mass is 32.2. The molecule has 0 heterocycles. The van der Waals surface area contributed by atoms with Gasteiger partial charge in [0.15, 0.2) is 11.6 Å². The van der Waals surface area contributed by atoms with E-state index in [1.165, 1.54) is 12.1 Å². The van der Waals surface area contributed by atoms with Crippen LogP contribution in [0.2, 0.25) is 0 Å². The lowest BCUT2D eigenvalue weighted by molar-refractivity contribution is 0.409. The van der Waals surface area contributed by atoms with Gasteiger partial charge in [-0.1, -0.05) is 12.1 Å². The Kier molecular flexibility index (Phi) is 3.63. The highest BCUT2D eigenvalue weighted by Gasteiger charge is 2.19. The molecule has 0 saturated carbocycles. The molecule has 0 saturated heterocycles. The summed E-state index contributed by atoms with van der Waals surface area (Å²) in [7, 11) is -3.99. The first-order valence-electron chi connectivity index (χ1n) is 5.58. The van der Waals surface area contributed by atoms with Gasteiger partial charge >= 0.3 is 0 Å². The summed E-state index contributed by atoms with van der Waals surface area (Å²) >= 11 is 0. The van der Waals surface area contributed by atoms with Crippen molar-refractivity contribution in [2.75, 3.05) is 4.72 Å². The van der Waals surface area contributed by atoms with Crippen LogP contribution in [0, 0.1) is 18.6 Å². The van der Waals surface area contributed by atoms with E-state index < -0.39 is 33.1 Å². The molecule has 0 atom stereocenters. The number of halogens is 2. The number of anilines is 1. The summed E-state index contributed by atoms with van der Waals surface area (Å²) in [6.07, 6.45) is 0. The molecule has 0 amide bonds. The van der Waals surface area contributed by atoms with E-state index in [2.05, 4.69) is 0 Å². The Morgan fingerprint density at radius 3 is 2.50 bits per heavy atom. The molecule has 0 aliphatic heterocycles. The normalized spacial score (nSPS) is 11.3. The molecule has 0 spiro atoms. The van der Waals surface area contributed by atoms with Gasteiger partial charge in [0.2, 0.25) is 5.82 Å². The van der Waals surface area contributed by atoms with Crippen molar-refractivity contribution in [3.05, 3.63) is 53.6 Å². The Hall–Kier alpha value is -2.15. The van der Waals surface area contributed by atoms with E-state index >= 15 is 0 Å². The van der Waals surface area contributed by atoms with Gasteiger partial charge in [-0.3, -0.25) is 4.72 Å². The predicted octanol–water partition coefficient (Wildman–Crippen LogP) is 2.78. The minimum atomic E-state index is -3.99. The maximum absolute atomic E-state index is 13.2. The first kappa shape index (κ1) is 14.3. The Balaban J connectivity index is 2.41. The number of hydrogen-bond acceptors (Lipinski definition) is 3. The van der Waals surface area contributed by atoms with Gasteiger partial charge in [-0.15, -0.1) is 0 Å². The molecule has 4 nitrogen and oxygen atoms in total. The zero-order valence-corrected chi connectivity index (χ0v) is 11.2. The van der Waals surface area contributed by atoms with Crippen LogP contribution in [0.1, 0.15) is 5.56 Å². The van der Waals surface area contributed by atoms with Gasteiger partial charge in [0, 0.05) is 0 Å². The lowest BCUT2D eigenvalue weighted by atomic mass is 10.2. The van der Waals surface area contributed by atoms with Crippen LogP contribution >= 0.6 is 0 Å². The summed E-state index contributed by atoms with van der Waals surface area (Å²) < 4.78 is 52.2. The van der Waals surface area contributed by atoms with E-state index in [0.717, 1.165) is 17.7 Å². The van der Waals surface area contributed by atoms with Crippen molar-refractivity contribution in [2.45, 2.75) is 11.8 Å². The van der Waals surface area contributed by atoms with Gasteiger partial charge < -0.3 is 5.11 Å². The summed E-state index contributed by atoms with van der Waals surface area (Å²) in [4.78, 5) is -0.0402. The van der Waals surface area contributed by atoms with Gasteiger partial charge in [0.25, 0.3) is 10.0 Å². The van der Waals surface area contributed by atoms with E-state index in [1.54, 1.807) is 19.1 Å². The molecule has 0 unspecified atom stereocenters. The van der Waals surface area contributed by atoms with Gasteiger partial charge in [0.05, 0.1) is 10.6 Å². The number of rotatable bonds is 3. The summed E-state index contributed by atoms with van der Waals surface area (Å²) in [6, 6.07) is 7.71. The summed E-state index contributed by atoms with van der Waals surface area (Å²) in [6.45, 7) is 1.72. The SMILES string of the molecule is Cc1cccc(S(=O)(=O)Nc2ccc(F)c(F)c2O)c1. The minimum Gasteiger partial charge on any atom is -0.503 e. The van der Waals surface area contributed by atoms with Crippen LogP contribution in [0.15, 0.2) is 41.3 Å².